The molecule has 1 rings (SSSR count). The summed E-state index contributed by atoms with van der Waals surface area (Å²) in [6.07, 6.45) is 3.06. The van der Waals surface area contributed by atoms with Crippen molar-refractivity contribution in [1.29, 1.82) is 0 Å². The highest BCUT2D eigenvalue weighted by molar-refractivity contribution is 5.94. The summed E-state index contributed by atoms with van der Waals surface area (Å²) in [6.45, 7) is 2.44. The normalized spacial score (nSPS) is 11.9. The van der Waals surface area contributed by atoms with Gasteiger partial charge in [0, 0.05) is 38.2 Å². The lowest BCUT2D eigenvalue weighted by Crippen LogP contribution is -2.39. The molecule has 1 aromatic heterocycles. The molecule has 0 aliphatic heterocycles. The monoisotopic (exact) mass is 266 g/mol. The van der Waals surface area contributed by atoms with Gasteiger partial charge in [0.1, 0.15) is 0 Å². The highest BCUT2D eigenvalue weighted by Crippen LogP contribution is 2.07. The number of hydrogen-bond donors (Lipinski definition) is 1. The van der Waals surface area contributed by atoms with Crippen molar-refractivity contribution in [3.05, 3.63) is 30.1 Å². The van der Waals surface area contributed by atoms with Crippen LogP contribution in [0.25, 0.3) is 0 Å². The quantitative estimate of drug-likeness (QED) is 0.792. The van der Waals surface area contributed by atoms with Crippen molar-refractivity contribution < 1.29 is 19.4 Å². The van der Waals surface area contributed by atoms with Crippen molar-refractivity contribution in [2.24, 2.45) is 5.92 Å². The molecule has 6 heteroatoms. The van der Waals surface area contributed by atoms with Crippen LogP contribution < -0.4 is 0 Å². The van der Waals surface area contributed by atoms with Gasteiger partial charge in [-0.05, 0) is 12.1 Å². The van der Waals surface area contributed by atoms with Crippen LogP contribution in [0.5, 0.6) is 0 Å². The second-order valence-corrected chi connectivity index (χ2v) is 4.22. The molecule has 1 aromatic rings. The van der Waals surface area contributed by atoms with Gasteiger partial charge in [0.15, 0.2) is 0 Å². The van der Waals surface area contributed by atoms with Gasteiger partial charge in [0.25, 0.3) is 5.91 Å². The number of carboxylic acid groups (broad SMARTS) is 1. The first-order valence-corrected chi connectivity index (χ1v) is 5.97. The van der Waals surface area contributed by atoms with Crippen molar-refractivity contribution in [3.8, 4) is 0 Å². The second-order valence-electron chi connectivity index (χ2n) is 4.22. The number of carbonyl (C=O) groups excluding carboxylic acids is 1. The molecular formula is C13H18N2O4. The number of ether oxygens (including phenoxy) is 1. The maximum Gasteiger partial charge on any atom is 0.308 e. The van der Waals surface area contributed by atoms with Crippen LogP contribution >= 0.6 is 0 Å². The summed E-state index contributed by atoms with van der Waals surface area (Å²) in [4.78, 5) is 28.5. The van der Waals surface area contributed by atoms with Crippen molar-refractivity contribution in [1.82, 2.24) is 9.88 Å². The highest BCUT2D eigenvalue weighted by atomic mass is 16.5. The summed E-state index contributed by atoms with van der Waals surface area (Å²) in [5.74, 6) is -1.76. The summed E-state index contributed by atoms with van der Waals surface area (Å²) in [7, 11) is 1.54. The van der Waals surface area contributed by atoms with Gasteiger partial charge >= 0.3 is 5.97 Å². The number of carbonyl (C=O) groups is 2. The van der Waals surface area contributed by atoms with Gasteiger partial charge in [-0.2, -0.15) is 0 Å². The van der Waals surface area contributed by atoms with Gasteiger partial charge in [0.2, 0.25) is 0 Å². The van der Waals surface area contributed by atoms with Crippen LogP contribution in [0.3, 0.4) is 0 Å². The number of hydrogen-bond acceptors (Lipinski definition) is 4. The molecule has 0 bridgehead atoms. The zero-order valence-corrected chi connectivity index (χ0v) is 11.1. The molecule has 104 valence electrons. The Morgan fingerprint density at radius 3 is 2.58 bits per heavy atom. The number of pyridine rings is 1. The minimum atomic E-state index is -0.926. The molecular weight excluding hydrogens is 248 g/mol. The van der Waals surface area contributed by atoms with Crippen LogP contribution in [0.1, 0.15) is 17.3 Å². The number of rotatable bonds is 7. The van der Waals surface area contributed by atoms with E-state index >= 15 is 0 Å². The first kappa shape index (κ1) is 15.1. The molecule has 0 radical (unpaired) electrons. The van der Waals surface area contributed by atoms with E-state index in [0.29, 0.717) is 18.7 Å². The summed E-state index contributed by atoms with van der Waals surface area (Å²) >= 11 is 0. The lowest BCUT2D eigenvalue weighted by molar-refractivity contribution is -0.141. The molecule has 0 aliphatic carbocycles. The van der Waals surface area contributed by atoms with Crippen LogP contribution in [0.2, 0.25) is 0 Å². The first-order valence-electron chi connectivity index (χ1n) is 5.97. The Morgan fingerprint density at radius 2 is 2.05 bits per heavy atom. The third-order valence-electron chi connectivity index (χ3n) is 2.70. The van der Waals surface area contributed by atoms with Gasteiger partial charge in [-0.3, -0.25) is 14.6 Å². The predicted octanol–water partition coefficient (Wildman–Crippen LogP) is 0.891. The number of carboxylic acids is 1. The second kappa shape index (κ2) is 7.48. The Kier molecular flexibility index (Phi) is 5.95. The van der Waals surface area contributed by atoms with Gasteiger partial charge < -0.3 is 14.7 Å². The Bertz CT molecular complexity index is 422. The average Bonchev–Trinajstić information content (AvgIpc) is 2.43. The number of aliphatic carboxylic acids is 1. The van der Waals surface area contributed by atoms with E-state index in [9.17, 15) is 9.59 Å². The number of amides is 1. The molecule has 1 amide bonds. The fourth-order valence-corrected chi connectivity index (χ4v) is 1.56. The highest BCUT2D eigenvalue weighted by Gasteiger charge is 2.21. The van der Waals surface area contributed by atoms with E-state index in [0.717, 1.165) is 0 Å². The average molecular weight is 266 g/mol. The predicted molar refractivity (Wildman–Crippen MR) is 68.8 cm³/mol. The van der Waals surface area contributed by atoms with E-state index in [1.807, 2.05) is 0 Å². The Labute approximate surface area is 112 Å². The molecule has 1 unspecified atom stereocenters. The molecule has 0 saturated carbocycles. The standard InChI is InChI=1S/C13H18N2O4/c1-10(13(17)18)9-15(7-8-19-2)12(16)11-3-5-14-6-4-11/h3-6,10H,7-9H2,1-2H3,(H,17,18). The molecule has 0 saturated heterocycles. The van der Waals surface area contributed by atoms with Crippen molar-refractivity contribution >= 4 is 11.9 Å². The molecule has 6 nitrogen and oxygen atoms in total. The van der Waals surface area contributed by atoms with Crippen LogP contribution in [0, 0.1) is 5.92 Å². The maximum atomic E-state index is 12.3. The Morgan fingerprint density at radius 1 is 1.42 bits per heavy atom. The lowest BCUT2D eigenvalue weighted by atomic mass is 10.1. The summed E-state index contributed by atoms with van der Waals surface area (Å²) in [5, 5.41) is 8.93. The molecule has 1 N–H and O–H groups in total. The van der Waals surface area contributed by atoms with E-state index < -0.39 is 11.9 Å². The molecule has 19 heavy (non-hydrogen) atoms. The van der Waals surface area contributed by atoms with Crippen LogP contribution in [-0.4, -0.2) is 53.7 Å². The van der Waals surface area contributed by atoms with Gasteiger partial charge in [-0.1, -0.05) is 6.92 Å². The molecule has 0 aliphatic rings. The van der Waals surface area contributed by atoms with Crippen LogP contribution in [-0.2, 0) is 9.53 Å². The van der Waals surface area contributed by atoms with E-state index in [1.165, 1.54) is 24.4 Å². The van der Waals surface area contributed by atoms with E-state index in [4.69, 9.17) is 9.84 Å². The maximum absolute atomic E-state index is 12.3. The van der Waals surface area contributed by atoms with Crippen LogP contribution in [0.4, 0.5) is 0 Å². The third-order valence-corrected chi connectivity index (χ3v) is 2.70. The minimum absolute atomic E-state index is 0.153. The summed E-state index contributed by atoms with van der Waals surface area (Å²) in [6, 6.07) is 3.21. The van der Waals surface area contributed by atoms with E-state index in [2.05, 4.69) is 4.98 Å². The summed E-state index contributed by atoms with van der Waals surface area (Å²) in [5.41, 5.74) is 0.490. The van der Waals surface area contributed by atoms with Gasteiger partial charge in [-0.25, -0.2) is 0 Å². The molecule has 1 atom stereocenters. The van der Waals surface area contributed by atoms with Crippen molar-refractivity contribution in [2.45, 2.75) is 6.92 Å². The topological polar surface area (TPSA) is 79.7 Å². The lowest BCUT2D eigenvalue weighted by Gasteiger charge is -2.24. The van der Waals surface area contributed by atoms with Crippen molar-refractivity contribution in [3.63, 3.8) is 0 Å². The molecule has 0 spiro atoms. The Balaban J connectivity index is 2.78. The fourth-order valence-electron chi connectivity index (χ4n) is 1.56. The summed E-state index contributed by atoms with van der Waals surface area (Å²) < 4.78 is 4.95. The zero-order chi connectivity index (χ0) is 14.3. The first-order chi connectivity index (χ1) is 9.06. The number of nitrogens with zero attached hydrogens (tertiary/aromatic N) is 2. The van der Waals surface area contributed by atoms with Gasteiger partial charge in [0.05, 0.1) is 12.5 Å². The Hall–Kier alpha value is -1.95. The van der Waals surface area contributed by atoms with Crippen LogP contribution in [0.15, 0.2) is 24.5 Å². The number of aromatic nitrogens is 1. The number of methoxy groups -OCH3 is 1. The minimum Gasteiger partial charge on any atom is -0.481 e. The van der Waals surface area contributed by atoms with Gasteiger partial charge in [-0.15, -0.1) is 0 Å². The third kappa shape index (κ3) is 4.67. The SMILES string of the molecule is COCCN(CC(C)C(=O)O)C(=O)c1ccncc1. The van der Waals surface area contributed by atoms with E-state index in [-0.39, 0.29) is 12.5 Å². The fraction of sp³-hybridized carbons (Fsp3) is 0.462. The van der Waals surface area contributed by atoms with E-state index in [1.54, 1.807) is 19.1 Å². The largest absolute Gasteiger partial charge is 0.481 e. The molecule has 1 heterocycles. The smallest absolute Gasteiger partial charge is 0.308 e. The molecule has 0 fully saturated rings. The molecule has 0 aromatic carbocycles. The van der Waals surface area contributed by atoms with Crippen molar-refractivity contribution in [2.75, 3.05) is 26.8 Å². The zero-order valence-electron chi connectivity index (χ0n) is 11.1.